The third-order valence-electron chi connectivity index (χ3n) is 2.87. The second-order valence-electron chi connectivity index (χ2n) is 3.84. The fraction of sp³-hybridized carbons (Fsp3) is 0.833. The van der Waals surface area contributed by atoms with Gasteiger partial charge < -0.3 is 10.1 Å². The highest BCUT2D eigenvalue weighted by molar-refractivity contribution is 4.95. The van der Waals surface area contributed by atoms with E-state index in [2.05, 4.69) is 17.2 Å². The van der Waals surface area contributed by atoms with Crippen molar-refractivity contribution < 1.29 is 4.74 Å². The highest BCUT2D eigenvalue weighted by Gasteiger charge is 2.19. The molecule has 1 aliphatic carbocycles. The summed E-state index contributed by atoms with van der Waals surface area (Å²) in [6.07, 6.45) is 6.38. The summed E-state index contributed by atoms with van der Waals surface area (Å²) in [5.41, 5.74) is 0. The lowest BCUT2D eigenvalue weighted by Gasteiger charge is -2.28. The fourth-order valence-electron chi connectivity index (χ4n) is 1.97. The van der Waals surface area contributed by atoms with Crippen molar-refractivity contribution in [3.05, 3.63) is 0 Å². The molecule has 0 atom stereocenters. The summed E-state index contributed by atoms with van der Waals surface area (Å²) in [6.45, 7) is 2.92. The molecule has 0 aromatic heterocycles. The van der Waals surface area contributed by atoms with Crippen LogP contribution in [0.3, 0.4) is 0 Å². The quantitative estimate of drug-likeness (QED) is 0.547. The molecule has 0 aliphatic heterocycles. The molecular weight excluding hydrogens is 174 g/mol. The third kappa shape index (κ3) is 4.13. The van der Waals surface area contributed by atoms with Crippen molar-refractivity contribution in [2.24, 2.45) is 0 Å². The summed E-state index contributed by atoms with van der Waals surface area (Å²) in [7, 11) is 1.81. The van der Waals surface area contributed by atoms with E-state index in [-0.39, 0.29) is 0 Å². The van der Waals surface area contributed by atoms with Crippen molar-refractivity contribution >= 4 is 0 Å². The summed E-state index contributed by atoms with van der Waals surface area (Å²) >= 11 is 0. The largest absolute Gasteiger partial charge is 0.381 e. The first-order chi connectivity index (χ1) is 6.86. The topological polar surface area (TPSA) is 21.3 Å². The molecule has 0 unspecified atom stereocenters. The Balaban J connectivity index is 2.06. The lowest BCUT2D eigenvalue weighted by atomic mass is 9.93. The number of nitrogens with one attached hydrogen (secondary N) is 1. The summed E-state index contributed by atoms with van der Waals surface area (Å²) in [4.78, 5) is 0. The average Bonchev–Trinajstić information content (AvgIpc) is 2.25. The van der Waals surface area contributed by atoms with Gasteiger partial charge in [0, 0.05) is 26.1 Å². The molecule has 0 radical (unpaired) electrons. The highest BCUT2D eigenvalue weighted by Crippen LogP contribution is 2.20. The van der Waals surface area contributed by atoms with Gasteiger partial charge in [0.25, 0.3) is 0 Å². The summed E-state index contributed by atoms with van der Waals surface area (Å²) in [5.74, 6) is 5.98. The molecule has 0 heterocycles. The molecule has 0 saturated heterocycles. The van der Waals surface area contributed by atoms with E-state index in [9.17, 15) is 0 Å². The predicted octanol–water partition coefficient (Wildman–Crippen LogP) is 1.95. The zero-order valence-electron chi connectivity index (χ0n) is 9.31. The molecule has 2 nitrogen and oxygen atoms in total. The van der Waals surface area contributed by atoms with Crippen LogP contribution >= 0.6 is 0 Å². The standard InChI is InChI=1S/C12H21NO/c1-3-4-5-10-13-11-6-8-12(14-2)9-7-11/h11-13H,5-10H2,1-2H3. The molecule has 14 heavy (non-hydrogen) atoms. The van der Waals surface area contributed by atoms with Gasteiger partial charge in [0.2, 0.25) is 0 Å². The maximum absolute atomic E-state index is 5.33. The lowest BCUT2D eigenvalue weighted by Crippen LogP contribution is -2.35. The molecule has 1 rings (SSSR count). The Morgan fingerprint density at radius 3 is 2.57 bits per heavy atom. The first-order valence-electron chi connectivity index (χ1n) is 5.52. The molecule has 0 aromatic carbocycles. The van der Waals surface area contributed by atoms with Gasteiger partial charge in [-0.1, -0.05) is 0 Å². The molecular formula is C12H21NO. The van der Waals surface area contributed by atoms with Crippen molar-refractivity contribution in [3.8, 4) is 11.8 Å². The van der Waals surface area contributed by atoms with Crippen LogP contribution < -0.4 is 5.32 Å². The van der Waals surface area contributed by atoms with E-state index < -0.39 is 0 Å². The molecule has 2 heteroatoms. The van der Waals surface area contributed by atoms with Gasteiger partial charge >= 0.3 is 0 Å². The first kappa shape index (κ1) is 11.6. The Hall–Kier alpha value is -0.520. The lowest BCUT2D eigenvalue weighted by molar-refractivity contribution is 0.0627. The number of hydrogen-bond acceptors (Lipinski definition) is 2. The van der Waals surface area contributed by atoms with Crippen molar-refractivity contribution in [1.29, 1.82) is 0 Å². The Kier molecular flexibility index (Phi) is 5.66. The number of hydrogen-bond donors (Lipinski definition) is 1. The minimum Gasteiger partial charge on any atom is -0.381 e. The molecule has 0 spiro atoms. The maximum Gasteiger partial charge on any atom is 0.0572 e. The molecule has 0 amide bonds. The van der Waals surface area contributed by atoms with Crippen LogP contribution in [0.15, 0.2) is 0 Å². The smallest absolute Gasteiger partial charge is 0.0572 e. The Morgan fingerprint density at radius 2 is 2.00 bits per heavy atom. The monoisotopic (exact) mass is 195 g/mol. The van der Waals surface area contributed by atoms with Crippen molar-refractivity contribution in [3.63, 3.8) is 0 Å². The van der Waals surface area contributed by atoms with E-state index in [0.717, 1.165) is 13.0 Å². The average molecular weight is 195 g/mol. The van der Waals surface area contributed by atoms with Crippen LogP contribution in [0.1, 0.15) is 39.0 Å². The SMILES string of the molecule is CC#CCCNC1CCC(OC)CC1. The minimum atomic E-state index is 0.503. The van der Waals surface area contributed by atoms with Crippen molar-refractivity contribution in [2.45, 2.75) is 51.2 Å². The molecule has 0 bridgehead atoms. The minimum absolute atomic E-state index is 0.503. The molecule has 0 aromatic rings. The van der Waals surface area contributed by atoms with Crippen LogP contribution in [0.25, 0.3) is 0 Å². The second-order valence-corrected chi connectivity index (χ2v) is 3.84. The van der Waals surface area contributed by atoms with E-state index >= 15 is 0 Å². The van der Waals surface area contributed by atoms with E-state index in [1.807, 2.05) is 14.0 Å². The van der Waals surface area contributed by atoms with Crippen LogP contribution in [0, 0.1) is 11.8 Å². The molecule has 1 aliphatic rings. The zero-order valence-corrected chi connectivity index (χ0v) is 9.31. The van der Waals surface area contributed by atoms with Gasteiger partial charge in [0.05, 0.1) is 6.10 Å². The molecule has 80 valence electrons. The van der Waals surface area contributed by atoms with Crippen LogP contribution in [0.5, 0.6) is 0 Å². The summed E-state index contributed by atoms with van der Waals surface area (Å²) in [5, 5.41) is 3.54. The first-order valence-corrected chi connectivity index (χ1v) is 5.52. The van der Waals surface area contributed by atoms with Gasteiger partial charge in [-0.25, -0.2) is 0 Å². The van der Waals surface area contributed by atoms with Gasteiger partial charge in [-0.05, 0) is 32.6 Å². The van der Waals surface area contributed by atoms with Gasteiger partial charge in [-0.2, -0.15) is 0 Å². The van der Waals surface area contributed by atoms with E-state index in [4.69, 9.17) is 4.74 Å². The van der Waals surface area contributed by atoms with Gasteiger partial charge in [-0.15, -0.1) is 11.8 Å². The van der Waals surface area contributed by atoms with Crippen LogP contribution in [-0.2, 0) is 4.74 Å². The van der Waals surface area contributed by atoms with Crippen molar-refractivity contribution in [1.82, 2.24) is 5.32 Å². The van der Waals surface area contributed by atoms with Gasteiger partial charge in [0.1, 0.15) is 0 Å². The van der Waals surface area contributed by atoms with E-state index in [1.54, 1.807) is 0 Å². The van der Waals surface area contributed by atoms with Gasteiger partial charge in [0.15, 0.2) is 0 Å². The zero-order chi connectivity index (χ0) is 10.2. The number of ether oxygens (including phenoxy) is 1. The number of methoxy groups -OCH3 is 1. The predicted molar refractivity (Wildman–Crippen MR) is 59.1 cm³/mol. The highest BCUT2D eigenvalue weighted by atomic mass is 16.5. The Bertz CT molecular complexity index is 196. The summed E-state index contributed by atoms with van der Waals surface area (Å²) in [6, 6.07) is 0.694. The molecule has 1 fully saturated rings. The molecule has 1 saturated carbocycles. The van der Waals surface area contributed by atoms with Crippen LogP contribution in [0.2, 0.25) is 0 Å². The van der Waals surface area contributed by atoms with Crippen LogP contribution in [0.4, 0.5) is 0 Å². The van der Waals surface area contributed by atoms with Crippen LogP contribution in [-0.4, -0.2) is 25.8 Å². The number of rotatable bonds is 4. The van der Waals surface area contributed by atoms with E-state index in [0.29, 0.717) is 12.1 Å². The van der Waals surface area contributed by atoms with Crippen molar-refractivity contribution in [2.75, 3.05) is 13.7 Å². The van der Waals surface area contributed by atoms with Gasteiger partial charge in [-0.3, -0.25) is 0 Å². The Morgan fingerprint density at radius 1 is 1.29 bits per heavy atom. The normalized spacial score (nSPS) is 26.7. The van der Waals surface area contributed by atoms with E-state index in [1.165, 1.54) is 25.7 Å². The molecule has 1 N–H and O–H groups in total. The third-order valence-corrected chi connectivity index (χ3v) is 2.87. The fourth-order valence-corrected chi connectivity index (χ4v) is 1.97. The Labute approximate surface area is 87.4 Å². The second kappa shape index (κ2) is 6.86. The maximum atomic E-state index is 5.33. The summed E-state index contributed by atoms with van der Waals surface area (Å²) < 4.78 is 5.33.